The monoisotopic (exact) mass is 403 g/mol. The molecule has 7 aromatic rings. The summed E-state index contributed by atoms with van der Waals surface area (Å²) < 4.78 is 4.46. The molecule has 0 saturated carbocycles. The third kappa shape index (κ3) is 1.80. The van der Waals surface area contributed by atoms with E-state index in [2.05, 4.69) is 16.5 Å². The van der Waals surface area contributed by atoms with E-state index in [-0.39, 0.29) is 10.9 Å². The Hall–Kier alpha value is -3.76. The van der Waals surface area contributed by atoms with Crippen molar-refractivity contribution in [3.63, 3.8) is 0 Å². The SMILES string of the molecule is O=c1c2ccccc2n2c3c1cccc3c(=O)c1ccc3sc4ccccc4c3c12. The van der Waals surface area contributed by atoms with E-state index in [1.165, 1.54) is 4.70 Å². The lowest BCUT2D eigenvalue weighted by Crippen LogP contribution is -2.14. The predicted molar refractivity (Wildman–Crippen MR) is 127 cm³/mol. The maximum absolute atomic E-state index is 13.5. The first-order valence-corrected chi connectivity index (χ1v) is 10.6. The molecule has 3 heterocycles. The molecule has 0 fully saturated rings. The summed E-state index contributed by atoms with van der Waals surface area (Å²) in [5.41, 5.74) is 2.37. The van der Waals surface area contributed by atoms with Gasteiger partial charge in [-0.3, -0.25) is 9.59 Å². The molecule has 4 aromatic carbocycles. The number of aromatic nitrogens is 1. The van der Waals surface area contributed by atoms with Crippen molar-refractivity contribution in [2.45, 2.75) is 0 Å². The molecule has 0 radical (unpaired) electrons. The van der Waals surface area contributed by atoms with Crippen LogP contribution < -0.4 is 10.9 Å². The maximum Gasteiger partial charge on any atom is 0.197 e. The fourth-order valence-corrected chi connectivity index (χ4v) is 5.98. The molecule has 0 atom stereocenters. The van der Waals surface area contributed by atoms with Gasteiger partial charge < -0.3 is 4.40 Å². The van der Waals surface area contributed by atoms with Crippen molar-refractivity contribution in [2.24, 2.45) is 0 Å². The normalized spacial score (nSPS) is 12.3. The average molecular weight is 403 g/mol. The highest BCUT2D eigenvalue weighted by Crippen LogP contribution is 2.39. The molecular formula is C26H13NO2S. The minimum atomic E-state index is -0.0303. The number of pyridine rings is 2. The molecule has 3 aromatic heterocycles. The number of rotatable bonds is 0. The zero-order chi connectivity index (χ0) is 20.0. The summed E-state index contributed by atoms with van der Waals surface area (Å²) in [4.78, 5) is 26.8. The number of nitrogens with zero attached hydrogens (tertiary/aromatic N) is 1. The molecule has 0 N–H and O–H groups in total. The van der Waals surface area contributed by atoms with Gasteiger partial charge in [0.1, 0.15) is 0 Å². The zero-order valence-corrected chi connectivity index (χ0v) is 16.5. The lowest BCUT2D eigenvalue weighted by atomic mass is 10.0. The molecule has 0 aliphatic carbocycles. The molecule has 0 amide bonds. The smallest absolute Gasteiger partial charge is 0.197 e. The third-order valence-corrected chi connectivity index (χ3v) is 7.26. The molecule has 3 nitrogen and oxygen atoms in total. The molecule has 0 aliphatic heterocycles. The summed E-state index contributed by atoms with van der Waals surface area (Å²) >= 11 is 1.73. The maximum atomic E-state index is 13.5. The van der Waals surface area contributed by atoms with E-state index < -0.39 is 0 Å². The standard InChI is InChI=1S/C26H13NO2S/c28-25-14-6-1-3-10-19(14)27-23-16(25)8-5-9-17(23)26(29)18-12-13-21-22(24(18)27)15-7-2-4-11-20(15)30-21/h1-13H. The van der Waals surface area contributed by atoms with Gasteiger partial charge in [0.05, 0.1) is 16.6 Å². The minimum absolute atomic E-state index is 0.0255. The molecule has 0 unspecified atom stereocenters. The average Bonchev–Trinajstić information content (AvgIpc) is 3.17. The van der Waals surface area contributed by atoms with Gasteiger partial charge >= 0.3 is 0 Å². The summed E-state index contributed by atoms with van der Waals surface area (Å²) in [6.45, 7) is 0. The molecule has 140 valence electrons. The van der Waals surface area contributed by atoms with E-state index in [1.807, 2.05) is 60.7 Å². The third-order valence-electron chi connectivity index (χ3n) is 6.12. The second-order valence-electron chi connectivity index (χ2n) is 7.65. The van der Waals surface area contributed by atoms with Crippen LogP contribution in [0.4, 0.5) is 0 Å². The van der Waals surface area contributed by atoms with Gasteiger partial charge in [0.15, 0.2) is 10.9 Å². The van der Waals surface area contributed by atoms with Crippen LogP contribution in [0.25, 0.3) is 58.3 Å². The second-order valence-corrected chi connectivity index (χ2v) is 8.73. The first-order valence-electron chi connectivity index (χ1n) is 9.80. The van der Waals surface area contributed by atoms with E-state index >= 15 is 0 Å². The Kier molecular flexibility index (Phi) is 2.91. The van der Waals surface area contributed by atoms with Gasteiger partial charge in [-0.25, -0.2) is 0 Å². The molecule has 0 spiro atoms. The Labute approximate surface area is 173 Å². The molecule has 0 aliphatic rings. The van der Waals surface area contributed by atoms with Crippen molar-refractivity contribution in [1.82, 2.24) is 4.40 Å². The summed E-state index contributed by atoms with van der Waals surface area (Å²) in [6, 6.07) is 25.4. The van der Waals surface area contributed by atoms with Crippen molar-refractivity contribution >= 4 is 69.6 Å². The summed E-state index contributed by atoms with van der Waals surface area (Å²) in [6.07, 6.45) is 0. The van der Waals surface area contributed by atoms with Crippen LogP contribution in [-0.2, 0) is 0 Å². The summed E-state index contributed by atoms with van der Waals surface area (Å²) in [5.74, 6) is 0. The Bertz CT molecular complexity index is 1930. The van der Waals surface area contributed by atoms with Crippen LogP contribution in [0.1, 0.15) is 0 Å². The lowest BCUT2D eigenvalue weighted by molar-refractivity contribution is 1.32. The fraction of sp³-hybridized carbons (Fsp3) is 0. The first-order chi connectivity index (χ1) is 14.7. The highest BCUT2D eigenvalue weighted by molar-refractivity contribution is 7.26. The largest absolute Gasteiger partial charge is 0.307 e. The minimum Gasteiger partial charge on any atom is -0.307 e. The van der Waals surface area contributed by atoms with Gasteiger partial charge in [0, 0.05) is 41.7 Å². The van der Waals surface area contributed by atoms with Crippen LogP contribution in [0.15, 0.2) is 88.5 Å². The number of fused-ring (bicyclic) bond motifs is 8. The second kappa shape index (κ2) is 5.43. The first kappa shape index (κ1) is 16.1. The van der Waals surface area contributed by atoms with Crippen LogP contribution >= 0.6 is 11.3 Å². The summed E-state index contributed by atoms with van der Waals surface area (Å²) in [5, 5.41) is 4.73. The van der Waals surface area contributed by atoms with Crippen LogP contribution in [0.5, 0.6) is 0 Å². The predicted octanol–water partition coefficient (Wildman–Crippen LogP) is 5.93. The van der Waals surface area contributed by atoms with E-state index in [1.54, 1.807) is 17.4 Å². The van der Waals surface area contributed by atoms with Crippen molar-refractivity contribution < 1.29 is 0 Å². The van der Waals surface area contributed by atoms with Crippen LogP contribution in [0.2, 0.25) is 0 Å². The van der Waals surface area contributed by atoms with Crippen LogP contribution in [-0.4, -0.2) is 4.40 Å². The Balaban J connectivity index is 2.00. The number of hydrogen-bond acceptors (Lipinski definition) is 3. The molecule has 0 bridgehead atoms. The van der Waals surface area contributed by atoms with Crippen molar-refractivity contribution in [1.29, 1.82) is 0 Å². The van der Waals surface area contributed by atoms with Crippen molar-refractivity contribution in [2.75, 3.05) is 0 Å². The quantitative estimate of drug-likeness (QED) is 0.233. The fourth-order valence-electron chi connectivity index (χ4n) is 4.87. The Morgan fingerprint density at radius 1 is 0.533 bits per heavy atom. The van der Waals surface area contributed by atoms with Gasteiger partial charge in [-0.1, -0.05) is 36.4 Å². The van der Waals surface area contributed by atoms with Gasteiger partial charge in [0.25, 0.3) is 0 Å². The number of hydrogen-bond donors (Lipinski definition) is 0. The van der Waals surface area contributed by atoms with Crippen LogP contribution in [0, 0.1) is 0 Å². The van der Waals surface area contributed by atoms with Gasteiger partial charge in [-0.15, -0.1) is 11.3 Å². The highest BCUT2D eigenvalue weighted by Gasteiger charge is 2.19. The molecular weight excluding hydrogens is 390 g/mol. The molecule has 0 saturated heterocycles. The highest BCUT2D eigenvalue weighted by atomic mass is 32.1. The number of para-hydroxylation sites is 2. The van der Waals surface area contributed by atoms with Gasteiger partial charge in [-0.2, -0.15) is 0 Å². The van der Waals surface area contributed by atoms with Crippen molar-refractivity contribution in [3.05, 3.63) is 99.3 Å². The van der Waals surface area contributed by atoms with Gasteiger partial charge in [-0.05, 0) is 42.5 Å². The van der Waals surface area contributed by atoms with Crippen molar-refractivity contribution in [3.8, 4) is 0 Å². The molecule has 30 heavy (non-hydrogen) atoms. The van der Waals surface area contributed by atoms with E-state index in [4.69, 9.17) is 0 Å². The molecule has 4 heteroatoms. The van der Waals surface area contributed by atoms with Gasteiger partial charge in [0.2, 0.25) is 0 Å². The zero-order valence-electron chi connectivity index (χ0n) is 15.7. The summed E-state index contributed by atoms with van der Waals surface area (Å²) in [7, 11) is 0. The number of benzene rings is 4. The Morgan fingerprint density at radius 3 is 2.00 bits per heavy atom. The van der Waals surface area contributed by atoms with E-state index in [0.717, 1.165) is 26.5 Å². The Morgan fingerprint density at radius 2 is 1.17 bits per heavy atom. The molecule has 7 rings (SSSR count). The topological polar surface area (TPSA) is 38.5 Å². The van der Waals surface area contributed by atoms with E-state index in [9.17, 15) is 9.59 Å². The number of thiophene rings is 1. The van der Waals surface area contributed by atoms with E-state index in [0.29, 0.717) is 27.1 Å². The lowest BCUT2D eigenvalue weighted by Gasteiger charge is -2.15. The van der Waals surface area contributed by atoms with Crippen LogP contribution in [0.3, 0.4) is 0 Å².